The van der Waals surface area contributed by atoms with Gasteiger partial charge < -0.3 is 14.0 Å². The Kier molecular flexibility index (Phi) is 5.62. The number of aryl methyl sites for hydroxylation is 3. The molecule has 0 N–H and O–H groups in total. The zero-order valence-electron chi connectivity index (χ0n) is 18.1. The van der Waals surface area contributed by atoms with Crippen molar-refractivity contribution in [3.05, 3.63) is 76.9 Å². The SMILES string of the molecule is CCc1ccc(C)[n+](CC(=O)c2cc(C)n(C[C@H]3COc4ccccc4O3)c2C)c1. The minimum absolute atomic E-state index is 0.0921. The molecule has 0 aliphatic carbocycles. The molecule has 2 aromatic heterocycles. The maximum Gasteiger partial charge on any atom is 0.229 e. The highest BCUT2D eigenvalue weighted by atomic mass is 16.6. The van der Waals surface area contributed by atoms with Gasteiger partial charge in [-0.2, -0.15) is 4.57 Å². The second kappa shape index (κ2) is 8.34. The Morgan fingerprint density at radius 2 is 1.90 bits per heavy atom. The number of hydrogen-bond donors (Lipinski definition) is 0. The predicted molar refractivity (Wildman–Crippen MR) is 115 cm³/mol. The molecule has 0 saturated carbocycles. The van der Waals surface area contributed by atoms with Crippen LogP contribution in [0.3, 0.4) is 0 Å². The molecule has 5 nitrogen and oxygen atoms in total. The van der Waals surface area contributed by atoms with Crippen LogP contribution in [0.4, 0.5) is 0 Å². The lowest BCUT2D eigenvalue weighted by molar-refractivity contribution is -0.689. The Bertz CT molecular complexity index is 1080. The molecular weight excluding hydrogens is 376 g/mol. The van der Waals surface area contributed by atoms with E-state index in [0.717, 1.165) is 40.6 Å². The normalized spacial score (nSPS) is 15.3. The first-order valence-corrected chi connectivity index (χ1v) is 10.5. The lowest BCUT2D eigenvalue weighted by Gasteiger charge is -2.27. The number of ether oxygens (including phenoxy) is 2. The highest BCUT2D eigenvalue weighted by Gasteiger charge is 2.25. The number of carbonyl (C=O) groups is 1. The lowest BCUT2D eigenvalue weighted by Crippen LogP contribution is -2.41. The number of carbonyl (C=O) groups excluding carboxylic acids is 1. The van der Waals surface area contributed by atoms with Gasteiger partial charge >= 0.3 is 0 Å². The molecular formula is C25H29N2O3+. The van der Waals surface area contributed by atoms with Gasteiger partial charge in [-0.3, -0.25) is 4.79 Å². The zero-order valence-corrected chi connectivity index (χ0v) is 18.1. The summed E-state index contributed by atoms with van der Waals surface area (Å²) in [6.07, 6.45) is 2.94. The summed E-state index contributed by atoms with van der Waals surface area (Å²) < 4.78 is 16.2. The number of benzene rings is 1. The minimum Gasteiger partial charge on any atom is -0.486 e. The van der Waals surface area contributed by atoms with E-state index in [2.05, 4.69) is 29.8 Å². The molecule has 5 heteroatoms. The standard InChI is InChI=1S/C25H29N2O3/c1-5-20-11-10-17(2)26(13-20)15-23(28)22-12-18(3)27(19(22)4)14-21-16-29-24-8-6-7-9-25(24)30-21/h6-13,21H,5,14-16H2,1-4H3/q+1/t21-/m0/s1. The quantitative estimate of drug-likeness (QED) is 0.460. The molecule has 0 saturated heterocycles. The van der Waals surface area contributed by atoms with E-state index in [1.54, 1.807) is 0 Å². The van der Waals surface area contributed by atoms with E-state index in [1.165, 1.54) is 5.56 Å². The van der Waals surface area contributed by atoms with E-state index < -0.39 is 0 Å². The maximum absolute atomic E-state index is 13.1. The second-order valence-corrected chi connectivity index (χ2v) is 7.98. The van der Waals surface area contributed by atoms with E-state index in [4.69, 9.17) is 9.47 Å². The van der Waals surface area contributed by atoms with Gasteiger partial charge in [0.25, 0.3) is 0 Å². The van der Waals surface area contributed by atoms with Gasteiger partial charge in [-0.1, -0.05) is 19.1 Å². The number of pyridine rings is 1. The Hall–Kier alpha value is -3.08. The van der Waals surface area contributed by atoms with E-state index in [9.17, 15) is 4.79 Å². The zero-order chi connectivity index (χ0) is 21.3. The van der Waals surface area contributed by atoms with Crippen LogP contribution >= 0.6 is 0 Å². The molecule has 4 rings (SSSR count). The Morgan fingerprint density at radius 3 is 2.67 bits per heavy atom. The molecule has 0 bridgehead atoms. The van der Waals surface area contributed by atoms with Crippen LogP contribution in [-0.4, -0.2) is 23.1 Å². The third kappa shape index (κ3) is 3.97. The van der Waals surface area contributed by atoms with Crippen LogP contribution in [0.2, 0.25) is 0 Å². The molecule has 3 heterocycles. The summed E-state index contributed by atoms with van der Waals surface area (Å²) in [5.41, 5.74) is 5.13. The molecule has 1 atom stereocenters. The fraction of sp³-hybridized carbons (Fsp3) is 0.360. The minimum atomic E-state index is -0.0921. The first kappa shape index (κ1) is 20.2. The van der Waals surface area contributed by atoms with Crippen LogP contribution in [0.1, 0.15) is 39.9 Å². The summed E-state index contributed by atoms with van der Waals surface area (Å²) in [4.78, 5) is 13.1. The average Bonchev–Trinajstić information content (AvgIpc) is 3.03. The van der Waals surface area contributed by atoms with Gasteiger partial charge in [0.15, 0.2) is 29.5 Å². The van der Waals surface area contributed by atoms with Crippen molar-refractivity contribution in [3.63, 3.8) is 0 Å². The fourth-order valence-corrected chi connectivity index (χ4v) is 4.01. The number of aromatic nitrogens is 2. The Morgan fingerprint density at radius 1 is 1.13 bits per heavy atom. The van der Waals surface area contributed by atoms with E-state index in [0.29, 0.717) is 19.7 Å². The molecule has 0 fully saturated rings. The summed E-state index contributed by atoms with van der Waals surface area (Å²) in [7, 11) is 0. The van der Waals surface area contributed by atoms with E-state index in [-0.39, 0.29) is 11.9 Å². The molecule has 1 aromatic carbocycles. The third-order valence-corrected chi connectivity index (χ3v) is 5.86. The molecule has 0 amide bonds. The van der Waals surface area contributed by atoms with Gasteiger partial charge in [-0.25, -0.2) is 0 Å². The number of ketones is 1. The van der Waals surface area contributed by atoms with Crippen LogP contribution in [-0.2, 0) is 19.5 Å². The number of hydrogen-bond acceptors (Lipinski definition) is 3. The summed E-state index contributed by atoms with van der Waals surface area (Å²) >= 11 is 0. The van der Waals surface area contributed by atoms with E-state index >= 15 is 0 Å². The highest BCUT2D eigenvalue weighted by molar-refractivity contribution is 5.96. The van der Waals surface area contributed by atoms with Crippen LogP contribution in [0.5, 0.6) is 11.5 Å². The first-order valence-electron chi connectivity index (χ1n) is 10.5. The smallest absolute Gasteiger partial charge is 0.229 e. The lowest BCUT2D eigenvalue weighted by atomic mass is 10.1. The fourth-order valence-electron chi connectivity index (χ4n) is 4.01. The average molecular weight is 406 g/mol. The summed E-state index contributed by atoms with van der Waals surface area (Å²) in [5.74, 6) is 1.68. The molecule has 0 radical (unpaired) electrons. The molecule has 156 valence electrons. The van der Waals surface area contributed by atoms with Crippen LogP contribution in [0.15, 0.2) is 48.7 Å². The van der Waals surface area contributed by atoms with E-state index in [1.807, 2.05) is 55.7 Å². The third-order valence-electron chi connectivity index (χ3n) is 5.86. The number of rotatable bonds is 6. The predicted octanol–water partition coefficient (Wildman–Crippen LogP) is 3.99. The highest BCUT2D eigenvalue weighted by Crippen LogP contribution is 2.31. The van der Waals surface area contributed by atoms with Crippen molar-refractivity contribution in [1.82, 2.24) is 4.57 Å². The van der Waals surface area contributed by atoms with Crippen molar-refractivity contribution < 1.29 is 18.8 Å². The maximum atomic E-state index is 13.1. The Balaban J connectivity index is 1.52. The van der Waals surface area contributed by atoms with Crippen LogP contribution in [0.25, 0.3) is 0 Å². The van der Waals surface area contributed by atoms with Gasteiger partial charge in [0, 0.05) is 35.5 Å². The summed E-state index contributed by atoms with van der Waals surface area (Å²) in [6.45, 7) is 9.71. The second-order valence-electron chi connectivity index (χ2n) is 7.98. The molecule has 30 heavy (non-hydrogen) atoms. The summed E-state index contributed by atoms with van der Waals surface area (Å²) in [5, 5.41) is 0. The van der Waals surface area contributed by atoms with Crippen LogP contribution < -0.4 is 14.0 Å². The molecule has 0 unspecified atom stereocenters. The van der Waals surface area contributed by atoms with Crippen molar-refractivity contribution >= 4 is 5.78 Å². The van der Waals surface area contributed by atoms with Gasteiger partial charge in [-0.05, 0) is 44.5 Å². The van der Waals surface area contributed by atoms with Crippen LogP contribution in [0, 0.1) is 20.8 Å². The Labute approximate surface area is 177 Å². The topological polar surface area (TPSA) is 44.3 Å². The van der Waals surface area contributed by atoms with Gasteiger partial charge in [0.05, 0.1) is 6.54 Å². The largest absolute Gasteiger partial charge is 0.486 e. The molecule has 0 spiro atoms. The molecule has 1 aliphatic heterocycles. The summed E-state index contributed by atoms with van der Waals surface area (Å²) in [6, 6.07) is 13.9. The number of Topliss-reactive ketones (excluding diaryl/α,β-unsaturated/α-hetero) is 1. The number of para-hydroxylation sites is 2. The van der Waals surface area contributed by atoms with Crippen molar-refractivity contribution in [1.29, 1.82) is 0 Å². The molecule has 3 aromatic rings. The van der Waals surface area contributed by atoms with Crippen molar-refractivity contribution in [3.8, 4) is 11.5 Å². The van der Waals surface area contributed by atoms with Crippen molar-refractivity contribution in [2.75, 3.05) is 6.61 Å². The van der Waals surface area contributed by atoms with Gasteiger partial charge in [0.1, 0.15) is 6.61 Å². The van der Waals surface area contributed by atoms with Crippen molar-refractivity contribution in [2.24, 2.45) is 0 Å². The van der Waals surface area contributed by atoms with Gasteiger partial charge in [-0.15, -0.1) is 0 Å². The van der Waals surface area contributed by atoms with Crippen molar-refractivity contribution in [2.45, 2.75) is 53.3 Å². The first-order chi connectivity index (χ1) is 14.5. The molecule has 1 aliphatic rings. The monoisotopic (exact) mass is 405 g/mol. The number of nitrogens with zero attached hydrogens (tertiary/aromatic N) is 2. The number of fused-ring (bicyclic) bond motifs is 1. The van der Waals surface area contributed by atoms with Gasteiger partial charge in [0.2, 0.25) is 12.3 Å².